The van der Waals surface area contributed by atoms with Crippen molar-refractivity contribution < 1.29 is 9.47 Å². The Hall–Kier alpha value is -1.26. The molecular weight excluding hydrogens is 252 g/mol. The van der Waals surface area contributed by atoms with Gasteiger partial charge in [-0.2, -0.15) is 0 Å². The number of benzene rings is 1. The van der Waals surface area contributed by atoms with Gasteiger partial charge in [0.25, 0.3) is 0 Å². The maximum Gasteiger partial charge on any atom is 0.161 e. The molecule has 1 fully saturated rings. The highest BCUT2D eigenvalue weighted by molar-refractivity contribution is 5.43. The quantitative estimate of drug-likeness (QED) is 0.834. The summed E-state index contributed by atoms with van der Waals surface area (Å²) in [6, 6.07) is 6.25. The van der Waals surface area contributed by atoms with Crippen molar-refractivity contribution in [2.75, 3.05) is 39.4 Å². The molecule has 1 aromatic rings. The minimum atomic E-state index is 0.749. The van der Waals surface area contributed by atoms with Crippen molar-refractivity contribution in [1.82, 2.24) is 10.2 Å². The van der Waals surface area contributed by atoms with E-state index in [9.17, 15) is 0 Å². The summed E-state index contributed by atoms with van der Waals surface area (Å²) in [5.74, 6) is 1.77. The van der Waals surface area contributed by atoms with E-state index < -0.39 is 0 Å². The molecule has 0 radical (unpaired) electrons. The average Bonchev–Trinajstić information content (AvgIpc) is 2.87. The Kier molecular flexibility index (Phi) is 4.77. The monoisotopic (exact) mass is 276 g/mol. The van der Waals surface area contributed by atoms with Crippen LogP contribution in [0.5, 0.6) is 11.5 Å². The third-order valence-electron chi connectivity index (χ3n) is 3.94. The number of hydrogen-bond acceptors (Lipinski definition) is 4. The fourth-order valence-corrected chi connectivity index (χ4v) is 2.79. The lowest BCUT2D eigenvalue weighted by Gasteiger charge is -2.15. The third-order valence-corrected chi connectivity index (χ3v) is 3.94. The van der Waals surface area contributed by atoms with Gasteiger partial charge in [-0.25, -0.2) is 0 Å². The van der Waals surface area contributed by atoms with Gasteiger partial charge in [-0.05, 0) is 43.6 Å². The summed E-state index contributed by atoms with van der Waals surface area (Å²) in [6.07, 6.45) is 3.68. The summed E-state index contributed by atoms with van der Waals surface area (Å²) in [4.78, 5) is 2.53. The second kappa shape index (κ2) is 6.95. The van der Waals surface area contributed by atoms with Crippen LogP contribution in [-0.2, 0) is 6.54 Å². The summed E-state index contributed by atoms with van der Waals surface area (Å²) >= 11 is 0. The number of nitrogens with zero attached hydrogens (tertiary/aromatic N) is 1. The fraction of sp³-hybridized carbons (Fsp3) is 0.625. The first-order chi connectivity index (χ1) is 9.92. The van der Waals surface area contributed by atoms with E-state index in [2.05, 4.69) is 22.3 Å². The second-order valence-electron chi connectivity index (χ2n) is 5.56. The van der Waals surface area contributed by atoms with Crippen LogP contribution in [-0.4, -0.2) is 44.3 Å². The molecule has 4 nitrogen and oxygen atoms in total. The molecule has 0 atom stereocenters. The lowest BCUT2D eigenvalue weighted by atomic mass is 10.2. The van der Waals surface area contributed by atoms with Gasteiger partial charge >= 0.3 is 0 Å². The van der Waals surface area contributed by atoms with E-state index in [0.717, 1.165) is 50.8 Å². The van der Waals surface area contributed by atoms with Crippen molar-refractivity contribution in [3.8, 4) is 11.5 Å². The van der Waals surface area contributed by atoms with Crippen LogP contribution < -0.4 is 14.8 Å². The number of rotatable bonds is 5. The standard InChI is InChI=1S/C16H24N2O2/c1-2-8-18(7-1)9-6-17-13-14-4-5-15-16(12-14)20-11-3-10-19-15/h4-5,12,17H,1-3,6-11,13H2. The highest BCUT2D eigenvalue weighted by Crippen LogP contribution is 2.30. The minimum Gasteiger partial charge on any atom is -0.490 e. The summed E-state index contributed by atoms with van der Waals surface area (Å²) in [7, 11) is 0. The van der Waals surface area contributed by atoms with Gasteiger partial charge in [0.05, 0.1) is 13.2 Å². The smallest absolute Gasteiger partial charge is 0.161 e. The van der Waals surface area contributed by atoms with Crippen LogP contribution in [0.15, 0.2) is 18.2 Å². The van der Waals surface area contributed by atoms with E-state index in [0.29, 0.717) is 0 Å². The van der Waals surface area contributed by atoms with Gasteiger partial charge in [0.2, 0.25) is 0 Å². The number of hydrogen-bond donors (Lipinski definition) is 1. The van der Waals surface area contributed by atoms with E-state index in [-0.39, 0.29) is 0 Å². The van der Waals surface area contributed by atoms with Crippen LogP contribution in [0.2, 0.25) is 0 Å². The maximum absolute atomic E-state index is 5.72. The molecule has 2 aliphatic heterocycles. The first-order valence-corrected chi connectivity index (χ1v) is 7.73. The molecule has 1 N–H and O–H groups in total. The third kappa shape index (κ3) is 3.64. The predicted octanol–water partition coefficient (Wildman–Crippen LogP) is 2.03. The number of nitrogens with one attached hydrogen (secondary N) is 1. The van der Waals surface area contributed by atoms with Gasteiger partial charge in [-0.3, -0.25) is 0 Å². The Morgan fingerprint density at radius 2 is 1.80 bits per heavy atom. The van der Waals surface area contributed by atoms with E-state index >= 15 is 0 Å². The number of fused-ring (bicyclic) bond motifs is 1. The van der Waals surface area contributed by atoms with Gasteiger partial charge in [-0.1, -0.05) is 6.07 Å². The molecule has 0 saturated carbocycles. The first-order valence-electron chi connectivity index (χ1n) is 7.73. The average molecular weight is 276 g/mol. The lowest BCUT2D eigenvalue weighted by Crippen LogP contribution is -2.29. The Balaban J connectivity index is 1.46. The first kappa shape index (κ1) is 13.7. The summed E-state index contributed by atoms with van der Waals surface area (Å²) < 4.78 is 11.4. The highest BCUT2D eigenvalue weighted by atomic mass is 16.5. The van der Waals surface area contributed by atoms with Crippen molar-refractivity contribution in [2.45, 2.75) is 25.8 Å². The number of ether oxygens (including phenoxy) is 2. The van der Waals surface area contributed by atoms with Gasteiger partial charge < -0.3 is 19.7 Å². The molecule has 2 aliphatic rings. The Bertz CT molecular complexity index is 430. The van der Waals surface area contributed by atoms with Crippen LogP contribution in [0.4, 0.5) is 0 Å². The summed E-state index contributed by atoms with van der Waals surface area (Å²) in [5, 5.41) is 3.51. The molecule has 1 saturated heterocycles. The molecule has 4 heteroatoms. The topological polar surface area (TPSA) is 33.7 Å². The van der Waals surface area contributed by atoms with E-state index in [1.807, 2.05) is 6.07 Å². The predicted molar refractivity (Wildman–Crippen MR) is 79.4 cm³/mol. The normalized spacial score (nSPS) is 19.0. The molecule has 0 amide bonds. The zero-order valence-electron chi connectivity index (χ0n) is 12.1. The summed E-state index contributed by atoms with van der Waals surface area (Å²) in [6.45, 7) is 7.14. The second-order valence-corrected chi connectivity index (χ2v) is 5.56. The highest BCUT2D eigenvalue weighted by Gasteiger charge is 2.11. The summed E-state index contributed by atoms with van der Waals surface area (Å²) in [5.41, 5.74) is 1.26. The number of likely N-dealkylation sites (tertiary alicyclic amines) is 1. The van der Waals surface area contributed by atoms with Crippen LogP contribution >= 0.6 is 0 Å². The Morgan fingerprint density at radius 3 is 2.65 bits per heavy atom. The van der Waals surface area contributed by atoms with Crippen LogP contribution in [0.25, 0.3) is 0 Å². The van der Waals surface area contributed by atoms with Crippen LogP contribution in [0.3, 0.4) is 0 Å². The molecule has 2 heterocycles. The van der Waals surface area contributed by atoms with Gasteiger partial charge in [-0.15, -0.1) is 0 Å². The molecule has 110 valence electrons. The van der Waals surface area contributed by atoms with Crippen LogP contribution in [0.1, 0.15) is 24.8 Å². The molecule has 1 aromatic carbocycles. The Labute approximate surface area is 121 Å². The fourth-order valence-electron chi connectivity index (χ4n) is 2.79. The Morgan fingerprint density at radius 1 is 1.00 bits per heavy atom. The molecule has 20 heavy (non-hydrogen) atoms. The van der Waals surface area contributed by atoms with E-state index in [1.54, 1.807) is 0 Å². The van der Waals surface area contributed by atoms with E-state index in [4.69, 9.17) is 9.47 Å². The molecular formula is C16H24N2O2. The molecule has 0 aromatic heterocycles. The zero-order valence-corrected chi connectivity index (χ0v) is 12.1. The van der Waals surface area contributed by atoms with E-state index in [1.165, 1.54) is 31.5 Å². The van der Waals surface area contributed by atoms with Gasteiger partial charge in [0.1, 0.15) is 0 Å². The largest absolute Gasteiger partial charge is 0.490 e. The van der Waals surface area contributed by atoms with Crippen molar-refractivity contribution >= 4 is 0 Å². The SMILES string of the molecule is c1cc2c(cc1CNCCN1CCCC1)OCCCO2. The van der Waals surface area contributed by atoms with Crippen molar-refractivity contribution in [3.05, 3.63) is 23.8 Å². The van der Waals surface area contributed by atoms with Crippen molar-refractivity contribution in [2.24, 2.45) is 0 Å². The molecule has 0 unspecified atom stereocenters. The van der Waals surface area contributed by atoms with Crippen LogP contribution in [0, 0.1) is 0 Å². The lowest BCUT2D eigenvalue weighted by molar-refractivity contribution is 0.297. The molecule has 0 spiro atoms. The zero-order chi connectivity index (χ0) is 13.6. The van der Waals surface area contributed by atoms with Gasteiger partial charge in [0, 0.05) is 26.1 Å². The van der Waals surface area contributed by atoms with Gasteiger partial charge in [0.15, 0.2) is 11.5 Å². The molecule has 0 bridgehead atoms. The van der Waals surface area contributed by atoms with Crippen molar-refractivity contribution in [3.63, 3.8) is 0 Å². The molecule has 0 aliphatic carbocycles. The maximum atomic E-state index is 5.72. The molecule has 3 rings (SSSR count). The minimum absolute atomic E-state index is 0.749. The van der Waals surface area contributed by atoms with Crippen molar-refractivity contribution in [1.29, 1.82) is 0 Å².